The topological polar surface area (TPSA) is 81.8 Å². The van der Waals surface area contributed by atoms with Crippen LogP contribution < -0.4 is 10.7 Å². The summed E-state index contributed by atoms with van der Waals surface area (Å²) in [5.41, 5.74) is 4.98. The predicted octanol–water partition coefficient (Wildman–Crippen LogP) is 2.87. The van der Waals surface area contributed by atoms with Gasteiger partial charge in [0, 0.05) is 23.1 Å². The van der Waals surface area contributed by atoms with Crippen LogP contribution in [0.4, 0.5) is 15.3 Å². The van der Waals surface area contributed by atoms with Gasteiger partial charge in [-0.1, -0.05) is 40.2 Å². The van der Waals surface area contributed by atoms with E-state index in [4.69, 9.17) is 0 Å². The van der Waals surface area contributed by atoms with Gasteiger partial charge in [-0.15, -0.1) is 0 Å². The fourth-order valence-electron chi connectivity index (χ4n) is 3.21. The number of urea groups is 2. The van der Waals surface area contributed by atoms with Gasteiger partial charge in [-0.3, -0.25) is 4.79 Å². The molecule has 4 rings (SSSR count). The van der Waals surface area contributed by atoms with Gasteiger partial charge in [0.15, 0.2) is 0 Å². The number of fused-ring (bicyclic) bond motifs is 2. The molecule has 26 heavy (non-hydrogen) atoms. The standard InChI is InChI=1S/C18H15BrN4O3/c19-13-5-7-14(8-6-13)20-17(25)21-23-16(24)15-9-11-3-1-2-4-12(11)10-22(15)18(23)26/h1-8,15H,9-10H2,(H2,20,21,25). The van der Waals surface area contributed by atoms with Crippen molar-refractivity contribution in [1.82, 2.24) is 15.3 Å². The van der Waals surface area contributed by atoms with Crippen molar-refractivity contribution in [3.8, 4) is 0 Å². The second kappa shape index (κ2) is 6.45. The summed E-state index contributed by atoms with van der Waals surface area (Å²) in [7, 11) is 0. The summed E-state index contributed by atoms with van der Waals surface area (Å²) in [5, 5.41) is 3.40. The number of hydrogen-bond donors (Lipinski definition) is 2. The van der Waals surface area contributed by atoms with Crippen LogP contribution in [0.5, 0.6) is 0 Å². The molecule has 2 aromatic carbocycles. The maximum absolute atomic E-state index is 12.6. The lowest BCUT2D eigenvalue weighted by Gasteiger charge is -2.28. The summed E-state index contributed by atoms with van der Waals surface area (Å²) in [4.78, 5) is 38.8. The number of amides is 5. The number of carbonyl (C=O) groups excluding carboxylic acids is 3. The van der Waals surface area contributed by atoms with E-state index in [-0.39, 0.29) is 0 Å². The largest absolute Gasteiger partial charge is 0.347 e. The minimum Gasteiger partial charge on any atom is -0.307 e. The first-order valence-corrected chi connectivity index (χ1v) is 8.87. The fourth-order valence-corrected chi connectivity index (χ4v) is 3.48. The lowest BCUT2D eigenvalue weighted by molar-refractivity contribution is -0.129. The molecule has 1 atom stereocenters. The summed E-state index contributed by atoms with van der Waals surface area (Å²) < 4.78 is 0.879. The maximum atomic E-state index is 12.6. The van der Waals surface area contributed by atoms with Crippen LogP contribution in [-0.2, 0) is 17.8 Å². The molecule has 0 saturated carbocycles. The fraction of sp³-hybridized carbons (Fsp3) is 0.167. The highest BCUT2D eigenvalue weighted by atomic mass is 79.9. The van der Waals surface area contributed by atoms with E-state index in [1.807, 2.05) is 24.3 Å². The van der Waals surface area contributed by atoms with Gasteiger partial charge in [0.2, 0.25) is 0 Å². The van der Waals surface area contributed by atoms with Crippen molar-refractivity contribution >= 4 is 39.6 Å². The number of hydrogen-bond acceptors (Lipinski definition) is 3. The molecular weight excluding hydrogens is 400 g/mol. The molecule has 5 amide bonds. The summed E-state index contributed by atoms with van der Waals surface area (Å²) >= 11 is 3.31. The number of imide groups is 1. The SMILES string of the molecule is O=C(Nc1ccc(Br)cc1)NN1C(=O)C2Cc3ccccc3CN2C1=O. The maximum Gasteiger partial charge on any atom is 0.347 e. The van der Waals surface area contributed by atoms with E-state index in [9.17, 15) is 14.4 Å². The number of halogens is 1. The zero-order valence-electron chi connectivity index (χ0n) is 13.6. The van der Waals surface area contributed by atoms with Gasteiger partial charge in [-0.05, 0) is 35.4 Å². The Bertz CT molecular complexity index is 857. The molecule has 1 unspecified atom stereocenters. The summed E-state index contributed by atoms with van der Waals surface area (Å²) in [6.07, 6.45) is 0.452. The molecule has 2 N–H and O–H groups in total. The number of anilines is 1. The molecule has 2 heterocycles. The number of hydrazine groups is 1. The molecule has 132 valence electrons. The quantitative estimate of drug-likeness (QED) is 0.741. The molecule has 0 aromatic heterocycles. The Hall–Kier alpha value is -2.87. The number of rotatable bonds is 2. The van der Waals surface area contributed by atoms with Crippen LogP contribution in [0.2, 0.25) is 0 Å². The van der Waals surface area contributed by atoms with Crippen LogP contribution in [-0.4, -0.2) is 33.9 Å². The first kappa shape index (κ1) is 16.6. The van der Waals surface area contributed by atoms with Crippen LogP contribution in [0.3, 0.4) is 0 Å². The third-order valence-corrected chi connectivity index (χ3v) is 5.04. The summed E-state index contributed by atoms with van der Waals surface area (Å²) in [6.45, 7) is 0.359. The zero-order chi connectivity index (χ0) is 18.3. The van der Waals surface area contributed by atoms with Gasteiger partial charge in [-0.2, -0.15) is 5.01 Å². The third-order valence-electron chi connectivity index (χ3n) is 4.51. The molecule has 2 aromatic rings. The second-order valence-electron chi connectivity index (χ2n) is 6.15. The van der Waals surface area contributed by atoms with E-state index in [1.54, 1.807) is 24.3 Å². The van der Waals surface area contributed by atoms with Crippen molar-refractivity contribution in [2.75, 3.05) is 5.32 Å². The van der Waals surface area contributed by atoms with Gasteiger partial charge in [0.05, 0.1) is 0 Å². The van der Waals surface area contributed by atoms with Crippen molar-refractivity contribution in [1.29, 1.82) is 0 Å². The molecule has 0 bridgehead atoms. The number of nitrogens with one attached hydrogen (secondary N) is 2. The highest BCUT2D eigenvalue weighted by Crippen LogP contribution is 2.29. The average molecular weight is 415 g/mol. The Morgan fingerprint density at radius 2 is 1.73 bits per heavy atom. The lowest BCUT2D eigenvalue weighted by Crippen LogP contribution is -2.48. The monoisotopic (exact) mass is 414 g/mol. The van der Waals surface area contributed by atoms with E-state index in [1.165, 1.54) is 4.90 Å². The Morgan fingerprint density at radius 1 is 1.04 bits per heavy atom. The van der Waals surface area contributed by atoms with Gasteiger partial charge >= 0.3 is 12.1 Å². The Labute approximate surface area is 158 Å². The number of carbonyl (C=O) groups is 3. The smallest absolute Gasteiger partial charge is 0.307 e. The Balaban J connectivity index is 1.47. The highest BCUT2D eigenvalue weighted by Gasteiger charge is 2.48. The molecule has 0 aliphatic carbocycles. The van der Waals surface area contributed by atoms with Crippen LogP contribution >= 0.6 is 15.9 Å². The molecular formula is C18H15BrN4O3. The van der Waals surface area contributed by atoms with E-state index in [0.717, 1.165) is 20.6 Å². The van der Waals surface area contributed by atoms with Crippen molar-refractivity contribution in [3.05, 3.63) is 64.1 Å². The van der Waals surface area contributed by atoms with Crippen molar-refractivity contribution in [2.45, 2.75) is 19.0 Å². The molecule has 1 fully saturated rings. The van der Waals surface area contributed by atoms with Gasteiger partial charge in [0.25, 0.3) is 5.91 Å². The molecule has 8 heteroatoms. The molecule has 2 aliphatic rings. The average Bonchev–Trinajstić information content (AvgIpc) is 2.86. The minimum atomic E-state index is -0.647. The third kappa shape index (κ3) is 2.92. The van der Waals surface area contributed by atoms with Gasteiger partial charge in [-0.25, -0.2) is 15.0 Å². The van der Waals surface area contributed by atoms with Crippen molar-refractivity contribution in [2.24, 2.45) is 0 Å². The molecule has 0 spiro atoms. The van der Waals surface area contributed by atoms with E-state index < -0.39 is 24.0 Å². The van der Waals surface area contributed by atoms with Gasteiger partial charge in [0.1, 0.15) is 6.04 Å². The molecule has 0 radical (unpaired) electrons. The number of benzene rings is 2. The summed E-state index contributed by atoms with van der Waals surface area (Å²) in [5.74, 6) is -0.421. The molecule has 7 nitrogen and oxygen atoms in total. The van der Waals surface area contributed by atoms with Crippen LogP contribution in [0.15, 0.2) is 53.0 Å². The predicted molar refractivity (Wildman–Crippen MR) is 98.0 cm³/mol. The van der Waals surface area contributed by atoms with E-state index >= 15 is 0 Å². The number of nitrogens with zero attached hydrogens (tertiary/aromatic N) is 2. The van der Waals surface area contributed by atoms with Crippen molar-refractivity contribution in [3.63, 3.8) is 0 Å². The Morgan fingerprint density at radius 3 is 2.46 bits per heavy atom. The first-order chi connectivity index (χ1) is 12.5. The highest BCUT2D eigenvalue weighted by molar-refractivity contribution is 9.10. The minimum absolute atomic E-state index is 0.359. The van der Waals surface area contributed by atoms with Crippen LogP contribution in [0.1, 0.15) is 11.1 Å². The molecule has 2 aliphatic heterocycles. The first-order valence-electron chi connectivity index (χ1n) is 8.07. The zero-order valence-corrected chi connectivity index (χ0v) is 15.2. The Kier molecular flexibility index (Phi) is 4.12. The molecule has 1 saturated heterocycles. The summed E-state index contributed by atoms with van der Waals surface area (Å²) in [6, 6.07) is 12.9. The van der Waals surface area contributed by atoms with Gasteiger partial charge < -0.3 is 10.2 Å². The van der Waals surface area contributed by atoms with E-state index in [0.29, 0.717) is 18.7 Å². The van der Waals surface area contributed by atoms with Crippen molar-refractivity contribution < 1.29 is 14.4 Å². The van der Waals surface area contributed by atoms with Crippen LogP contribution in [0.25, 0.3) is 0 Å². The van der Waals surface area contributed by atoms with Crippen LogP contribution in [0, 0.1) is 0 Å². The lowest BCUT2D eigenvalue weighted by atomic mass is 9.95. The van der Waals surface area contributed by atoms with E-state index in [2.05, 4.69) is 26.7 Å². The normalized spacial score (nSPS) is 18.4. The second-order valence-corrected chi connectivity index (χ2v) is 7.06.